The average molecular weight is 194 g/mol. The summed E-state index contributed by atoms with van der Waals surface area (Å²) in [6.45, 7) is 2.26. The molecule has 0 spiro atoms. The Morgan fingerprint density at radius 3 is 3.15 bits per heavy atom. The summed E-state index contributed by atoms with van der Waals surface area (Å²) in [6.07, 6.45) is 5.24. The van der Waals surface area contributed by atoms with Crippen LogP contribution in [-0.4, -0.2) is 12.6 Å². The molecule has 13 heavy (non-hydrogen) atoms. The van der Waals surface area contributed by atoms with Crippen LogP contribution in [0.2, 0.25) is 0 Å². The highest BCUT2D eigenvalue weighted by molar-refractivity contribution is 7.11. The molecule has 1 aliphatic rings. The van der Waals surface area contributed by atoms with E-state index < -0.39 is 0 Å². The van der Waals surface area contributed by atoms with Crippen molar-refractivity contribution in [3.8, 4) is 0 Å². The van der Waals surface area contributed by atoms with Crippen LogP contribution in [0.5, 0.6) is 0 Å². The summed E-state index contributed by atoms with van der Waals surface area (Å²) in [5.41, 5.74) is 0. The molecule has 0 bridgehead atoms. The predicted octanol–water partition coefficient (Wildman–Crippen LogP) is 0.890. The highest BCUT2D eigenvalue weighted by atomic mass is 32.1. The van der Waals surface area contributed by atoms with Gasteiger partial charge in [-0.1, -0.05) is 12.2 Å². The molecule has 0 N–H and O–H groups in total. The van der Waals surface area contributed by atoms with E-state index in [1.807, 2.05) is 13.0 Å². The van der Waals surface area contributed by atoms with Gasteiger partial charge >= 0.3 is 5.97 Å². The molecule has 1 aromatic rings. The Hall–Kier alpha value is -1.09. The monoisotopic (exact) mass is 194 g/mol. The minimum Gasteiger partial charge on any atom is -0.462 e. The smallest absolute Gasteiger partial charge is 0.348 e. The fourth-order valence-electron chi connectivity index (χ4n) is 1.33. The van der Waals surface area contributed by atoms with Crippen molar-refractivity contribution >= 4 is 29.5 Å². The molecule has 0 unspecified atom stereocenters. The Balaban J connectivity index is 2.35. The van der Waals surface area contributed by atoms with Gasteiger partial charge in [-0.2, -0.15) is 0 Å². The maximum absolute atomic E-state index is 11.3. The van der Waals surface area contributed by atoms with Crippen molar-refractivity contribution in [2.24, 2.45) is 0 Å². The molecular weight excluding hydrogens is 184 g/mol. The van der Waals surface area contributed by atoms with Gasteiger partial charge in [0.15, 0.2) is 0 Å². The van der Waals surface area contributed by atoms with Gasteiger partial charge < -0.3 is 4.74 Å². The summed E-state index contributed by atoms with van der Waals surface area (Å²) in [5, 5.41) is 1.17. The van der Waals surface area contributed by atoms with Crippen LogP contribution >= 0.6 is 11.3 Å². The van der Waals surface area contributed by atoms with Crippen molar-refractivity contribution in [2.75, 3.05) is 6.61 Å². The first-order valence-corrected chi connectivity index (χ1v) is 5.10. The number of ether oxygens (including phenoxy) is 1. The first-order chi connectivity index (χ1) is 6.31. The predicted molar refractivity (Wildman–Crippen MR) is 53.1 cm³/mol. The Bertz CT molecular complexity index is 410. The topological polar surface area (TPSA) is 26.3 Å². The molecule has 0 fully saturated rings. The Kier molecular flexibility index (Phi) is 2.19. The van der Waals surface area contributed by atoms with Crippen LogP contribution in [0.1, 0.15) is 23.0 Å². The van der Waals surface area contributed by atoms with Crippen molar-refractivity contribution in [1.29, 1.82) is 0 Å². The molecule has 0 radical (unpaired) electrons. The third-order valence-corrected chi connectivity index (χ3v) is 3.04. The molecule has 1 heterocycles. The summed E-state index contributed by atoms with van der Waals surface area (Å²) in [7, 11) is 0. The molecule has 1 aliphatic carbocycles. The van der Waals surface area contributed by atoms with Crippen LogP contribution in [0.3, 0.4) is 0 Å². The van der Waals surface area contributed by atoms with Gasteiger partial charge in [0.2, 0.25) is 0 Å². The van der Waals surface area contributed by atoms with E-state index in [1.54, 1.807) is 0 Å². The zero-order chi connectivity index (χ0) is 9.26. The first-order valence-electron chi connectivity index (χ1n) is 4.28. The summed E-state index contributed by atoms with van der Waals surface area (Å²) in [5.74, 6) is -0.205. The van der Waals surface area contributed by atoms with E-state index >= 15 is 0 Å². The van der Waals surface area contributed by atoms with Gasteiger partial charge in [0, 0.05) is 4.53 Å². The average Bonchev–Trinajstić information content (AvgIpc) is 2.61. The number of hydrogen-bond donors (Lipinski definition) is 0. The van der Waals surface area contributed by atoms with E-state index in [2.05, 4.69) is 12.2 Å². The van der Waals surface area contributed by atoms with E-state index in [4.69, 9.17) is 4.74 Å². The zero-order valence-corrected chi connectivity index (χ0v) is 8.19. The number of carbonyl (C=O) groups excluding carboxylic acids is 1. The van der Waals surface area contributed by atoms with E-state index in [9.17, 15) is 4.79 Å². The van der Waals surface area contributed by atoms with Gasteiger partial charge in [-0.3, -0.25) is 0 Å². The fraction of sp³-hybridized carbons (Fsp3) is 0.300. The number of rotatable bonds is 2. The molecule has 0 aliphatic heterocycles. The zero-order valence-electron chi connectivity index (χ0n) is 7.37. The summed E-state index contributed by atoms with van der Waals surface area (Å²) < 4.78 is 6.11. The lowest BCUT2D eigenvalue weighted by molar-refractivity contribution is 0.0532. The molecule has 3 heteroatoms. The minimum absolute atomic E-state index is 0.205. The number of hydrogen-bond acceptors (Lipinski definition) is 3. The molecule has 0 saturated carbocycles. The van der Waals surface area contributed by atoms with E-state index in [0.717, 1.165) is 6.42 Å². The Labute approximate surface area is 80.2 Å². The third kappa shape index (κ3) is 1.52. The second-order valence-corrected chi connectivity index (χ2v) is 3.88. The number of thiophene rings is 1. The normalized spacial score (nSPS) is 13.0. The molecule has 1 aromatic heterocycles. The summed E-state index contributed by atoms with van der Waals surface area (Å²) in [4.78, 5) is 12.0. The van der Waals surface area contributed by atoms with Gasteiger partial charge in [-0.25, -0.2) is 4.79 Å². The van der Waals surface area contributed by atoms with Crippen LogP contribution in [0.25, 0.3) is 12.2 Å². The molecule has 0 saturated heterocycles. The molecule has 0 amide bonds. The van der Waals surface area contributed by atoms with Crippen molar-refractivity contribution < 1.29 is 9.53 Å². The number of esters is 1. The Morgan fingerprint density at radius 1 is 1.62 bits per heavy atom. The van der Waals surface area contributed by atoms with Crippen LogP contribution in [0.15, 0.2) is 6.07 Å². The lowest BCUT2D eigenvalue weighted by Crippen LogP contribution is -2.12. The second-order valence-electron chi connectivity index (χ2n) is 2.79. The van der Waals surface area contributed by atoms with Gasteiger partial charge in [0.1, 0.15) is 4.88 Å². The quantitative estimate of drug-likeness (QED) is 0.654. The van der Waals surface area contributed by atoms with Crippen LogP contribution in [0.4, 0.5) is 0 Å². The SMILES string of the molecule is CCOC(=O)c1cc2c(s1)=CCC=2. The maximum atomic E-state index is 11.3. The molecule has 2 rings (SSSR count). The fourth-order valence-corrected chi connectivity index (χ4v) is 2.34. The first kappa shape index (κ1) is 8.51. The van der Waals surface area contributed by atoms with E-state index in [1.165, 1.54) is 21.1 Å². The Morgan fingerprint density at radius 2 is 2.46 bits per heavy atom. The van der Waals surface area contributed by atoms with Crippen LogP contribution in [0, 0.1) is 0 Å². The van der Waals surface area contributed by atoms with Gasteiger partial charge in [-0.05, 0) is 24.6 Å². The van der Waals surface area contributed by atoms with E-state index in [-0.39, 0.29) is 5.97 Å². The van der Waals surface area contributed by atoms with E-state index in [0.29, 0.717) is 11.5 Å². The van der Waals surface area contributed by atoms with Crippen molar-refractivity contribution in [3.05, 3.63) is 20.7 Å². The molecule has 68 valence electrons. The van der Waals surface area contributed by atoms with Crippen molar-refractivity contribution in [2.45, 2.75) is 13.3 Å². The highest BCUT2D eigenvalue weighted by Crippen LogP contribution is 2.05. The van der Waals surface area contributed by atoms with Gasteiger partial charge in [-0.15, -0.1) is 11.3 Å². The lowest BCUT2D eigenvalue weighted by Gasteiger charge is -1.95. The van der Waals surface area contributed by atoms with Gasteiger partial charge in [0.25, 0.3) is 0 Å². The summed E-state index contributed by atoms with van der Waals surface area (Å²) >= 11 is 1.51. The molecule has 0 atom stereocenters. The van der Waals surface area contributed by atoms with Crippen molar-refractivity contribution in [3.63, 3.8) is 0 Å². The second kappa shape index (κ2) is 3.34. The van der Waals surface area contributed by atoms with Crippen LogP contribution in [-0.2, 0) is 4.74 Å². The minimum atomic E-state index is -0.205. The van der Waals surface area contributed by atoms with Crippen molar-refractivity contribution in [1.82, 2.24) is 0 Å². The molecule has 0 aromatic carbocycles. The number of carbonyl (C=O) groups is 1. The van der Waals surface area contributed by atoms with Gasteiger partial charge in [0.05, 0.1) is 6.61 Å². The lowest BCUT2D eigenvalue weighted by atomic mass is 10.4. The number of fused-ring (bicyclic) bond motifs is 1. The van der Waals surface area contributed by atoms with Crippen LogP contribution < -0.4 is 9.75 Å². The summed E-state index contributed by atoms with van der Waals surface area (Å²) in [6, 6.07) is 1.90. The molecule has 2 nitrogen and oxygen atoms in total. The largest absolute Gasteiger partial charge is 0.462 e. The standard InChI is InChI=1S/C10H10O2S/c1-2-12-10(11)9-6-7-4-3-5-8(7)13-9/h4-6H,2-3H2,1H3. The molecular formula is C10H10O2S. The highest BCUT2D eigenvalue weighted by Gasteiger charge is 2.09. The third-order valence-electron chi connectivity index (χ3n) is 1.91. The maximum Gasteiger partial charge on any atom is 0.348 e.